The van der Waals surface area contributed by atoms with E-state index in [9.17, 15) is 35.9 Å². The molecule has 0 aliphatic carbocycles. The van der Waals surface area contributed by atoms with Gasteiger partial charge in [-0.25, -0.2) is 19.4 Å². The van der Waals surface area contributed by atoms with Crippen LogP contribution in [-0.4, -0.2) is 112 Å². The average Bonchev–Trinajstić information content (AvgIpc) is 3.70. The maximum absolute atomic E-state index is 13.6. The normalized spacial score (nSPS) is 12.9. The van der Waals surface area contributed by atoms with Crippen LogP contribution in [-0.2, 0) is 43.4 Å². The topological polar surface area (TPSA) is 163 Å². The first-order valence-electron chi connectivity index (χ1n) is 20.1. The van der Waals surface area contributed by atoms with Gasteiger partial charge in [-0.05, 0) is 63.1 Å². The standard InChI is InChI=1S/C41H51N5O3S.2C2HF3O2/c1-5-30(2)39(43-21-19-36-24-42-29-46(36)25-31-17-18-32-11-6-7-13-34(32)23-31)27-45(26-35-15-10-14-33-12-8-9-16-37(33)35)28-40(47)44-38(20-22-50-4)41(48)49-3;2*3-2(4,5)1(6)7/h6-18,23-24,29-30,38-39,43H,5,19-22,25-28H2,1-4H3,(H,44,47);2*(H,6,7)/t30-,38-,39+;;/m0../s1. The molecule has 0 spiro atoms. The first kappa shape index (κ1) is 52.7. The number of nitrogens with zero attached hydrogens (tertiary/aromatic N) is 3. The zero-order chi connectivity index (χ0) is 47.5. The molecule has 0 bridgehead atoms. The molecule has 348 valence electrons. The fourth-order valence-electron chi connectivity index (χ4n) is 6.55. The monoisotopic (exact) mass is 921 g/mol. The molecular formula is C45H53F6N5O7S. The first-order chi connectivity index (χ1) is 30.3. The fourth-order valence-corrected chi connectivity index (χ4v) is 7.02. The molecule has 1 heterocycles. The predicted octanol–water partition coefficient (Wildman–Crippen LogP) is 7.96. The number of alkyl halides is 6. The minimum atomic E-state index is -5.08. The Morgan fingerprint density at radius 2 is 1.48 bits per heavy atom. The highest BCUT2D eigenvalue weighted by Crippen LogP contribution is 2.22. The number of fused-ring (bicyclic) bond motifs is 2. The van der Waals surface area contributed by atoms with Gasteiger partial charge in [-0.2, -0.15) is 38.1 Å². The molecule has 0 aliphatic rings. The summed E-state index contributed by atoms with van der Waals surface area (Å²) in [5.41, 5.74) is 3.60. The van der Waals surface area contributed by atoms with Crippen LogP contribution in [0.2, 0.25) is 0 Å². The van der Waals surface area contributed by atoms with Gasteiger partial charge in [0.1, 0.15) is 6.04 Å². The van der Waals surface area contributed by atoms with Crippen LogP contribution in [0.4, 0.5) is 26.3 Å². The molecule has 64 heavy (non-hydrogen) atoms. The molecular weight excluding hydrogens is 869 g/mol. The Bertz CT molecular complexity index is 2240. The predicted molar refractivity (Wildman–Crippen MR) is 234 cm³/mol. The molecule has 4 N–H and O–H groups in total. The molecule has 0 fully saturated rings. The Hall–Kier alpha value is -5.66. The van der Waals surface area contributed by atoms with Crippen LogP contribution in [0.1, 0.15) is 43.5 Å². The van der Waals surface area contributed by atoms with Gasteiger partial charge in [0.2, 0.25) is 5.91 Å². The van der Waals surface area contributed by atoms with Gasteiger partial charge in [0.05, 0.1) is 20.0 Å². The van der Waals surface area contributed by atoms with Crippen molar-refractivity contribution in [2.75, 3.05) is 38.8 Å². The average molecular weight is 922 g/mol. The summed E-state index contributed by atoms with van der Waals surface area (Å²) in [6, 6.07) is 29.3. The summed E-state index contributed by atoms with van der Waals surface area (Å²) in [6.45, 7) is 7.49. The van der Waals surface area contributed by atoms with Gasteiger partial charge < -0.3 is 30.2 Å². The van der Waals surface area contributed by atoms with Crippen LogP contribution in [0.5, 0.6) is 0 Å². The molecule has 1 amide bonds. The highest BCUT2D eigenvalue weighted by molar-refractivity contribution is 7.98. The van der Waals surface area contributed by atoms with Crippen molar-refractivity contribution in [3.63, 3.8) is 0 Å². The molecule has 0 saturated heterocycles. The number of carbonyl (C=O) groups excluding carboxylic acids is 2. The lowest BCUT2D eigenvalue weighted by molar-refractivity contribution is -0.193. The number of benzene rings is 4. The minimum Gasteiger partial charge on any atom is -0.475 e. The largest absolute Gasteiger partial charge is 0.490 e. The zero-order valence-electron chi connectivity index (χ0n) is 35.8. The van der Waals surface area contributed by atoms with Crippen LogP contribution in [0.15, 0.2) is 97.5 Å². The summed E-state index contributed by atoms with van der Waals surface area (Å²) in [5.74, 6) is -4.98. The molecule has 5 aromatic rings. The summed E-state index contributed by atoms with van der Waals surface area (Å²) in [4.78, 5) is 50.6. The van der Waals surface area contributed by atoms with Crippen LogP contribution >= 0.6 is 11.8 Å². The van der Waals surface area contributed by atoms with Gasteiger partial charge in [-0.15, -0.1) is 0 Å². The van der Waals surface area contributed by atoms with Gasteiger partial charge in [-0.1, -0.05) is 99.1 Å². The Kier molecular flexibility index (Phi) is 21.1. The van der Waals surface area contributed by atoms with Gasteiger partial charge in [-0.3, -0.25) is 9.69 Å². The highest BCUT2D eigenvalue weighted by atomic mass is 32.2. The van der Waals surface area contributed by atoms with E-state index >= 15 is 0 Å². The Balaban J connectivity index is 0.000000671. The van der Waals surface area contributed by atoms with Crippen molar-refractivity contribution in [3.05, 3.63) is 114 Å². The summed E-state index contributed by atoms with van der Waals surface area (Å²) in [6.07, 6.45) is -1.93. The van der Waals surface area contributed by atoms with E-state index in [1.165, 1.54) is 45.5 Å². The number of methoxy groups -OCH3 is 1. The van der Waals surface area contributed by atoms with Gasteiger partial charge in [0.25, 0.3) is 0 Å². The Morgan fingerprint density at radius 3 is 2.09 bits per heavy atom. The third-order valence-electron chi connectivity index (χ3n) is 10.1. The zero-order valence-corrected chi connectivity index (χ0v) is 36.6. The smallest absolute Gasteiger partial charge is 0.475 e. The van der Waals surface area contributed by atoms with Crippen molar-refractivity contribution < 1.29 is 60.5 Å². The van der Waals surface area contributed by atoms with Gasteiger partial charge in [0, 0.05) is 50.5 Å². The lowest BCUT2D eigenvalue weighted by atomic mass is 9.97. The van der Waals surface area contributed by atoms with E-state index in [1.54, 1.807) is 11.8 Å². The van der Waals surface area contributed by atoms with E-state index in [0.29, 0.717) is 25.4 Å². The van der Waals surface area contributed by atoms with Gasteiger partial charge in [0.15, 0.2) is 0 Å². The first-order valence-corrected chi connectivity index (χ1v) is 21.5. The second kappa shape index (κ2) is 25.6. The number of ether oxygens (including phenoxy) is 1. The summed E-state index contributed by atoms with van der Waals surface area (Å²) < 4.78 is 70.7. The molecule has 0 saturated carbocycles. The second-order valence-corrected chi connectivity index (χ2v) is 15.7. The van der Waals surface area contributed by atoms with Crippen molar-refractivity contribution >= 4 is 57.1 Å². The fraction of sp³-hybridized carbons (Fsp3) is 0.400. The number of aliphatic carboxylic acids is 2. The number of aromatic nitrogens is 2. The lowest BCUT2D eigenvalue weighted by Gasteiger charge is -2.32. The lowest BCUT2D eigenvalue weighted by Crippen LogP contribution is -2.50. The minimum absolute atomic E-state index is 0.146. The second-order valence-electron chi connectivity index (χ2n) is 14.7. The number of amides is 1. The van der Waals surface area contributed by atoms with E-state index < -0.39 is 36.3 Å². The third-order valence-corrected chi connectivity index (χ3v) is 10.7. The Labute approximate surface area is 371 Å². The van der Waals surface area contributed by atoms with Gasteiger partial charge >= 0.3 is 30.3 Å². The molecule has 5 rings (SSSR count). The van der Waals surface area contributed by atoms with E-state index in [0.717, 1.165) is 31.7 Å². The van der Waals surface area contributed by atoms with Crippen LogP contribution < -0.4 is 10.6 Å². The summed E-state index contributed by atoms with van der Waals surface area (Å²) in [5, 5.41) is 25.9. The molecule has 19 heteroatoms. The van der Waals surface area contributed by atoms with E-state index in [1.807, 2.05) is 18.8 Å². The van der Waals surface area contributed by atoms with E-state index in [-0.39, 0.29) is 18.5 Å². The molecule has 1 aromatic heterocycles. The van der Waals surface area contributed by atoms with Crippen molar-refractivity contribution in [1.29, 1.82) is 0 Å². The van der Waals surface area contributed by atoms with Crippen molar-refractivity contribution in [2.45, 2.75) is 70.6 Å². The number of esters is 1. The molecule has 0 radical (unpaired) electrons. The van der Waals surface area contributed by atoms with Crippen LogP contribution in [0, 0.1) is 5.92 Å². The summed E-state index contributed by atoms with van der Waals surface area (Å²) >= 11 is 1.64. The molecule has 0 unspecified atom stereocenters. The maximum Gasteiger partial charge on any atom is 0.490 e. The maximum atomic E-state index is 13.6. The van der Waals surface area contributed by atoms with E-state index in [4.69, 9.17) is 24.5 Å². The number of carboxylic acids is 2. The van der Waals surface area contributed by atoms with Crippen molar-refractivity contribution in [3.8, 4) is 0 Å². The molecule has 0 aliphatic heterocycles. The number of hydrogen-bond acceptors (Lipinski definition) is 9. The quantitative estimate of drug-likeness (QED) is 0.0470. The van der Waals surface area contributed by atoms with Crippen molar-refractivity contribution in [2.24, 2.45) is 5.92 Å². The number of thioether (sulfide) groups is 1. The number of halogens is 6. The third kappa shape index (κ3) is 17.5. The van der Waals surface area contributed by atoms with E-state index in [2.05, 4.69) is 124 Å². The van der Waals surface area contributed by atoms with Crippen LogP contribution in [0.25, 0.3) is 21.5 Å². The number of carbonyl (C=O) groups is 4. The van der Waals surface area contributed by atoms with Crippen LogP contribution in [0.3, 0.4) is 0 Å². The number of imidazole rings is 1. The number of hydrogen-bond donors (Lipinski definition) is 4. The van der Waals surface area contributed by atoms with Crippen molar-refractivity contribution in [1.82, 2.24) is 25.1 Å². The highest BCUT2D eigenvalue weighted by Gasteiger charge is 2.39. The number of carboxylic acid groups (broad SMARTS) is 2. The SMILES string of the molecule is CC[C@H](C)[C@@H](CN(CC(=O)N[C@@H](CCSC)C(=O)OC)Cc1cccc2ccccc12)NCCc1cncn1Cc1ccc2ccccc2c1.O=C(O)C(F)(F)F.O=C(O)C(F)(F)F. The Morgan fingerprint density at radius 1 is 0.875 bits per heavy atom. The summed E-state index contributed by atoms with van der Waals surface area (Å²) in [7, 11) is 1.37. The number of nitrogens with one attached hydrogen (secondary N) is 2. The number of rotatable bonds is 19. The molecule has 12 nitrogen and oxygen atoms in total. The molecule has 3 atom stereocenters. The molecule has 4 aromatic carbocycles.